The van der Waals surface area contributed by atoms with Gasteiger partial charge in [-0.25, -0.2) is 0 Å². The summed E-state index contributed by atoms with van der Waals surface area (Å²) in [5, 5.41) is 1.32. The molecular formula is C14H19Cl2N3. The highest BCUT2D eigenvalue weighted by molar-refractivity contribution is 6.39. The van der Waals surface area contributed by atoms with Gasteiger partial charge < -0.3 is 10.6 Å². The number of rotatable bonds is 1. The van der Waals surface area contributed by atoms with Crippen LogP contribution in [0.15, 0.2) is 12.1 Å². The predicted molar refractivity (Wildman–Crippen MR) is 82.3 cm³/mol. The summed E-state index contributed by atoms with van der Waals surface area (Å²) in [7, 11) is 2.23. The van der Waals surface area contributed by atoms with Crippen LogP contribution in [-0.4, -0.2) is 37.1 Å². The summed E-state index contributed by atoms with van der Waals surface area (Å²) in [4.78, 5) is 4.84. The molecule has 2 saturated heterocycles. The molecule has 2 unspecified atom stereocenters. The normalized spacial score (nSPS) is 27.6. The topological polar surface area (TPSA) is 32.5 Å². The number of nitrogen functional groups attached to an aromatic ring is 1. The highest BCUT2D eigenvalue weighted by Crippen LogP contribution is 2.39. The minimum Gasteiger partial charge on any atom is -0.399 e. The Labute approximate surface area is 124 Å². The smallest absolute Gasteiger partial charge is 0.0747 e. The fourth-order valence-electron chi connectivity index (χ4n) is 3.40. The van der Waals surface area contributed by atoms with Crippen LogP contribution in [0.3, 0.4) is 0 Å². The third kappa shape index (κ3) is 2.39. The van der Waals surface area contributed by atoms with Crippen LogP contribution in [-0.2, 0) is 0 Å². The molecule has 0 aromatic heterocycles. The van der Waals surface area contributed by atoms with Crippen LogP contribution >= 0.6 is 23.2 Å². The van der Waals surface area contributed by atoms with E-state index in [0.717, 1.165) is 18.8 Å². The van der Waals surface area contributed by atoms with Crippen molar-refractivity contribution in [3.63, 3.8) is 0 Å². The SMILES string of the molecule is CN1C2CCC1CN(c1c(Cl)cc(N)cc1Cl)CC2. The molecule has 1 aromatic rings. The predicted octanol–water partition coefficient (Wildman–Crippen LogP) is 3.25. The second kappa shape index (κ2) is 5.04. The van der Waals surface area contributed by atoms with Gasteiger partial charge in [-0.15, -0.1) is 0 Å². The zero-order chi connectivity index (χ0) is 13.6. The molecule has 2 aliphatic rings. The maximum atomic E-state index is 6.34. The number of hydrogen-bond donors (Lipinski definition) is 1. The molecule has 2 bridgehead atoms. The summed E-state index contributed by atoms with van der Waals surface area (Å²) in [6.45, 7) is 2.01. The Balaban J connectivity index is 1.91. The van der Waals surface area contributed by atoms with Crippen molar-refractivity contribution >= 4 is 34.6 Å². The van der Waals surface area contributed by atoms with Crippen molar-refractivity contribution in [2.75, 3.05) is 30.8 Å². The third-order valence-electron chi connectivity index (χ3n) is 4.50. The minimum absolute atomic E-state index is 0.609. The first-order valence-corrected chi connectivity index (χ1v) is 7.53. The molecule has 2 N–H and O–H groups in total. The third-order valence-corrected chi connectivity index (χ3v) is 5.08. The van der Waals surface area contributed by atoms with Gasteiger partial charge >= 0.3 is 0 Å². The molecule has 2 aliphatic heterocycles. The van der Waals surface area contributed by atoms with Gasteiger partial charge in [0, 0.05) is 30.9 Å². The van der Waals surface area contributed by atoms with Crippen molar-refractivity contribution in [1.29, 1.82) is 0 Å². The van der Waals surface area contributed by atoms with Crippen LogP contribution in [0.25, 0.3) is 0 Å². The number of anilines is 2. The van der Waals surface area contributed by atoms with Crippen molar-refractivity contribution in [3.05, 3.63) is 22.2 Å². The lowest BCUT2D eigenvalue weighted by Gasteiger charge is -2.29. The molecule has 0 amide bonds. The first-order chi connectivity index (χ1) is 9.06. The molecule has 2 fully saturated rings. The summed E-state index contributed by atoms with van der Waals surface area (Å²) in [5.74, 6) is 0. The van der Waals surface area contributed by atoms with E-state index < -0.39 is 0 Å². The van der Waals surface area contributed by atoms with Crippen LogP contribution in [0, 0.1) is 0 Å². The monoisotopic (exact) mass is 299 g/mol. The van der Waals surface area contributed by atoms with Gasteiger partial charge in [0.05, 0.1) is 15.7 Å². The summed E-state index contributed by atoms with van der Waals surface area (Å²) < 4.78 is 0. The van der Waals surface area contributed by atoms with Gasteiger partial charge in [0.15, 0.2) is 0 Å². The van der Waals surface area contributed by atoms with E-state index in [1.807, 2.05) is 0 Å². The Morgan fingerprint density at radius 1 is 1.11 bits per heavy atom. The molecule has 0 aliphatic carbocycles. The fraction of sp³-hybridized carbons (Fsp3) is 0.571. The minimum atomic E-state index is 0.609. The first-order valence-electron chi connectivity index (χ1n) is 6.77. The average Bonchev–Trinajstić information content (AvgIpc) is 2.55. The second-order valence-electron chi connectivity index (χ2n) is 5.62. The van der Waals surface area contributed by atoms with Crippen LogP contribution in [0.1, 0.15) is 19.3 Å². The van der Waals surface area contributed by atoms with Gasteiger partial charge in [-0.3, -0.25) is 4.90 Å². The number of benzene rings is 1. The summed E-state index contributed by atoms with van der Waals surface area (Å²) in [6, 6.07) is 4.89. The number of hydrogen-bond acceptors (Lipinski definition) is 3. The van der Waals surface area contributed by atoms with Crippen LogP contribution in [0.5, 0.6) is 0 Å². The zero-order valence-electron chi connectivity index (χ0n) is 11.1. The Morgan fingerprint density at radius 3 is 2.42 bits per heavy atom. The van der Waals surface area contributed by atoms with E-state index in [2.05, 4.69) is 16.8 Å². The number of nitrogens with zero attached hydrogens (tertiary/aromatic N) is 2. The molecule has 19 heavy (non-hydrogen) atoms. The quantitative estimate of drug-likeness (QED) is 0.808. The molecule has 2 atom stereocenters. The standard InChI is InChI=1S/C14H19Cl2N3/c1-18-10-2-3-11(18)8-19(5-4-10)14-12(15)6-9(17)7-13(14)16/h6-7,10-11H,2-5,8,17H2,1H3. The maximum Gasteiger partial charge on any atom is 0.0747 e. The molecule has 104 valence electrons. The lowest BCUT2D eigenvalue weighted by Crippen LogP contribution is -2.36. The summed E-state index contributed by atoms with van der Waals surface area (Å²) in [6.07, 6.45) is 3.75. The number of likely N-dealkylation sites (N-methyl/N-ethyl adjacent to an activating group) is 1. The van der Waals surface area contributed by atoms with Gasteiger partial charge in [0.2, 0.25) is 0 Å². The van der Waals surface area contributed by atoms with E-state index in [-0.39, 0.29) is 0 Å². The van der Waals surface area contributed by atoms with Crippen molar-refractivity contribution in [3.8, 4) is 0 Å². The van der Waals surface area contributed by atoms with E-state index in [0.29, 0.717) is 27.8 Å². The van der Waals surface area contributed by atoms with Crippen LogP contribution < -0.4 is 10.6 Å². The van der Waals surface area contributed by atoms with Crippen molar-refractivity contribution < 1.29 is 0 Å². The first kappa shape index (κ1) is 13.3. The van der Waals surface area contributed by atoms with Gasteiger partial charge in [-0.2, -0.15) is 0 Å². The lowest BCUT2D eigenvalue weighted by atomic mass is 10.1. The highest BCUT2D eigenvalue weighted by atomic mass is 35.5. The van der Waals surface area contributed by atoms with Crippen LogP contribution in [0.4, 0.5) is 11.4 Å². The maximum absolute atomic E-state index is 6.34. The number of halogens is 2. The van der Waals surface area contributed by atoms with E-state index >= 15 is 0 Å². The number of fused-ring (bicyclic) bond motifs is 2. The van der Waals surface area contributed by atoms with Crippen molar-refractivity contribution in [2.45, 2.75) is 31.3 Å². The fourth-order valence-corrected chi connectivity index (χ4v) is 4.14. The van der Waals surface area contributed by atoms with Crippen LogP contribution in [0.2, 0.25) is 10.0 Å². The van der Waals surface area contributed by atoms with Gasteiger partial charge in [0.25, 0.3) is 0 Å². The molecule has 0 radical (unpaired) electrons. The van der Waals surface area contributed by atoms with Crippen molar-refractivity contribution in [2.24, 2.45) is 0 Å². The van der Waals surface area contributed by atoms with E-state index in [1.54, 1.807) is 12.1 Å². The Hall–Kier alpha value is -0.640. The largest absolute Gasteiger partial charge is 0.399 e. The molecule has 5 heteroatoms. The molecule has 0 spiro atoms. The molecule has 3 rings (SSSR count). The average molecular weight is 300 g/mol. The molecule has 3 nitrogen and oxygen atoms in total. The number of nitrogens with two attached hydrogens (primary N) is 1. The van der Waals surface area contributed by atoms with E-state index in [4.69, 9.17) is 28.9 Å². The lowest BCUT2D eigenvalue weighted by molar-refractivity contribution is 0.254. The van der Waals surface area contributed by atoms with Gasteiger partial charge in [0.1, 0.15) is 0 Å². The molecule has 1 aromatic carbocycles. The molecule has 0 saturated carbocycles. The Morgan fingerprint density at radius 2 is 1.74 bits per heavy atom. The van der Waals surface area contributed by atoms with E-state index in [9.17, 15) is 0 Å². The molecular weight excluding hydrogens is 281 g/mol. The van der Waals surface area contributed by atoms with Crippen molar-refractivity contribution in [1.82, 2.24) is 4.90 Å². The summed E-state index contributed by atoms with van der Waals surface area (Å²) in [5.41, 5.74) is 7.34. The Kier molecular flexibility index (Phi) is 3.54. The van der Waals surface area contributed by atoms with Gasteiger partial charge in [-0.1, -0.05) is 23.2 Å². The van der Waals surface area contributed by atoms with Gasteiger partial charge in [-0.05, 0) is 38.4 Å². The van der Waals surface area contributed by atoms with E-state index in [1.165, 1.54) is 19.3 Å². The highest BCUT2D eigenvalue weighted by Gasteiger charge is 2.35. The zero-order valence-corrected chi connectivity index (χ0v) is 12.6. The summed E-state index contributed by atoms with van der Waals surface area (Å²) >= 11 is 12.7. The molecule has 2 heterocycles. The second-order valence-corrected chi connectivity index (χ2v) is 6.43. The Bertz CT molecular complexity index is 469.